The summed E-state index contributed by atoms with van der Waals surface area (Å²) in [4.78, 5) is 0. The molecule has 1 nitrogen and oxygen atoms in total. The van der Waals surface area contributed by atoms with Gasteiger partial charge >= 0.3 is 0 Å². The maximum atomic E-state index is 9.29. The van der Waals surface area contributed by atoms with Crippen LogP contribution in [0.15, 0.2) is 54.6 Å². The van der Waals surface area contributed by atoms with Gasteiger partial charge in [-0.2, -0.15) is 0 Å². The van der Waals surface area contributed by atoms with E-state index in [1.165, 1.54) is 11.1 Å². The molecule has 1 heteroatoms. The van der Waals surface area contributed by atoms with Gasteiger partial charge in [0.25, 0.3) is 0 Å². The quantitative estimate of drug-likeness (QED) is 0.735. The van der Waals surface area contributed by atoms with E-state index in [-0.39, 0.29) is 5.41 Å². The standard InChI is InChI=1S/C15H16O.2C2H6/c1-15(2,12-6-4-3-5-7-12)13-8-10-14(16)11-9-13;2*1-2/h3-11,16H,1-2H3;2*1-2H3. The van der Waals surface area contributed by atoms with E-state index in [1.54, 1.807) is 12.1 Å². The maximum absolute atomic E-state index is 9.29. The highest BCUT2D eigenvalue weighted by Crippen LogP contribution is 2.31. The monoisotopic (exact) mass is 272 g/mol. The van der Waals surface area contributed by atoms with Gasteiger partial charge < -0.3 is 5.11 Å². The molecule has 0 aromatic heterocycles. The second-order valence-electron chi connectivity index (χ2n) is 4.54. The lowest BCUT2D eigenvalue weighted by Gasteiger charge is -2.26. The number of phenolic OH excluding ortho intramolecular Hbond substituents is 1. The molecule has 0 aliphatic rings. The van der Waals surface area contributed by atoms with E-state index < -0.39 is 0 Å². The van der Waals surface area contributed by atoms with E-state index in [2.05, 4.69) is 38.1 Å². The van der Waals surface area contributed by atoms with Crippen LogP contribution in [0.1, 0.15) is 52.7 Å². The highest BCUT2D eigenvalue weighted by Gasteiger charge is 2.22. The molecule has 2 aromatic carbocycles. The third kappa shape index (κ3) is 4.73. The van der Waals surface area contributed by atoms with Gasteiger partial charge in [-0.15, -0.1) is 0 Å². The summed E-state index contributed by atoms with van der Waals surface area (Å²) in [5.41, 5.74) is 2.45. The van der Waals surface area contributed by atoms with Gasteiger partial charge in [0.15, 0.2) is 0 Å². The van der Waals surface area contributed by atoms with Crippen molar-refractivity contribution < 1.29 is 5.11 Å². The molecule has 0 atom stereocenters. The van der Waals surface area contributed by atoms with E-state index in [0.29, 0.717) is 5.75 Å². The number of hydrogen-bond donors (Lipinski definition) is 1. The van der Waals surface area contributed by atoms with Crippen molar-refractivity contribution >= 4 is 0 Å². The van der Waals surface area contributed by atoms with Gasteiger partial charge in [-0.25, -0.2) is 0 Å². The Hall–Kier alpha value is -1.76. The van der Waals surface area contributed by atoms with E-state index in [1.807, 2.05) is 45.9 Å². The second kappa shape index (κ2) is 9.19. The van der Waals surface area contributed by atoms with Crippen molar-refractivity contribution in [2.24, 2.45) is 0 Å². The Morgan fingerprint density at radius 2 is 1.05 bits per heavy atom. The van der Waals surface area contributed by atoms with Crippen LogP contribution in [0.2, 0.25) is 0 Å². The zero-order valence-corrected chi connectivity index (χ0v) is 13.6. The number of phenols is 1. The van der Waals surface area contributed by atoms with Crippen LogP contribution >= 0.6 is 0 Å². The van der Waals surface area contributed by atoms with Crippen LogP contribution < -0.4 is 0 Å². The molecule has 0 spiro atoms. The Morgan fingerprint density at radius 3 is 1.50 bits per heavy atom. The number of rotatable bonds is 2. The zero-order valence-electron chi connectivity index (χ0n) is 13.6. The fourth-order valence-electron chi connectivity index (χ4n) is 1.90. The van der Waals surface area contributed by atoms with E-state index in [0.717, 1.165) is 0 Å². The van der Waals surface area contributed by atoms with Gasteiger partial charge in [-0.3, -0.25) is 0 Å². The summed E-state index contributed by atoms with van der Waals surface area (Å²) in [5.74, 6) is 0.313. The second-order valence-corrected chi connectivity index (χ2v) is 4.54. The molecule has 110 valence electrons. The summed E-state index contributed by atoms with van der Waals surface area (Å²) in [5, 5.41) is 9.29. The largest absolute Gasteiger partial charge is 0.508 e. The SMILES string of the molecule is CC.CC.CC(C)(c1ccccc1)c1ccc(O)cc1. The van der Waals surface area contributed by atoms with Crippen molar-refractivity contribution in [1.82, 2.24) is 0 Å². The normalized spacial score (nSPS) is 9.70. The van der Waals surface area contributed by atoms with Crippen LogP contribution in [0, 0.1) is 0 Å². The molecule has 0 heterocycles. The minimum atomic E-state index is -0.0328. The first kappa shape index (κ1) is 18.2. The van der Waals surface area contributed by atoms with Crippen LogP contribution in [0.5, 0.6) is 5.75 Å². The molecule has 0 bridgehead atoms. The van der Waals surface area contributed by atoms with Crippen LogP contribution in [0.3, 0.4) is 0 Å². The average Bonchev–Trinajstić information content (AvgIpc) is 2.52. The predicted octanol–water partition coefficient (Wildman–Crippen LogP) is 5.77. The van der Waals surface area contributed by atoms with Crippen LogP contribution in [0.25, 0.3) is 0 Å². The Labute approximate surface area is 124 Å². The topological polar surface area (TPSA) is 20.2 Å². The van der Waals surface area contributed by atoms with Crippen LogP contribution in [-0.4, -0.2) is 5.11 Å². The van der Waals surface area contributed by atoms with Gasteiger partial charge in [-0.05, 0) is 23.3 Å². The summed E-state index contributed by atoms with van der Waals surface area (Å²) >= 11 is 0. The molecule has 0 unspecified atom stereocenters. The molecule has 0 fully saturated rings. The average molecular weight is 272 g/mol. The smallest absolute Gasteiger partial charge is 0.115 e. The molecular weight excluding hydrogens is 244 g/mol. The minimum absolute atomic E-state index is 0.0328. The van der Waals surface area contributed by atoms with Crippen LogP contribution in [0.4, 0.5) is 0 Å². The summed E-state index contributed by atoms with van der Waals surface area (Å²) in [6.45, 7) is 12.4. The third-order valence-corrected chi connectivity index (χ3v) is 3.08. The Kier molecular flexibility index (Phi) is 8.38. The molecule has 0 amide bonds. The van der Waals surface area contributed by atoms with Gasteiger partial charge in [-0.1, -0.05) is 84.0 Å². The molecule has 0 aliphatic carbocycles. The van der Waals surface area contributed by atoms with Crippen molar-refractivity contribution in [1.29, 1.82) is 0 Å². The fraction of sp³-hybridized carbons (Fsp3) is 0.368. The molecule has 0 radical (unpaired) electrons. The van der Waals surface area contributed by atoms with Gasteiger partial charge in [0.1, 0.15) is 5.75 Å². The highest BCUT2D eigenvalue weighted by molar-refractivity contribution is 5.39. The first-order chi connectivity index (χ1) is 9.60. The van der Waals surface area contributed by atoms with Crippen molar-refractivity contribution in [2.45, 2.75) is 47.0 Å². The minimum Gasteiger partial charge on any atom is -0.508 e. The molecule has 0 saturated carbocycles. The summed E-state index contributed by atoms with van der Waals surface area (Å²) in [6.07, 6.45) is 0. The molecule has 2 rings (SSSR count). The number of hydrogen-bond acceptors (Lipinski definition) is 1. The Balaban J connectivity index is 0.000000829. The maximum Gasteiger partial charge on any atom is 0.115 e. The van der Waals surface area contributed by atoms with Crippen molar-refractivity contribution in [3.8, 4) is 5.75 Å². The summed E-state index contributed by atoms with van der Waals surface area (Å²) in [6, 6.07) is 17.8. The zero-order chi connectivity index (χ0) is 15.6. The van der Waals surface area contributed by atoms with Gasteiger partial charge in [0.05, 0.1) is 0 Å². The van der Waals surface area contributed by atoms with Crippen LogP contribution in [-0.2, 0) is 5.41 Å². The molecule has 0 aliphatic heterocycles. The third-order valence-electron chi connectivity index (χ3n) is 3.08. The molecular formula is C19H28O. The molecule has 0 saturated heterocycles. The first-order valence-corrected chi connectivity index (χ1v) is 7.46. The van der Waals surface area contributed by atoms with Crippen molar-refractivity contribution in [3.05, 3.63) is 65.7 Å². The number of aromatic hydroxyl groups is 1. The van der Waals surface area contributed by atoms with Gasteiger partial charge in [0, 0.05) is 5.41 Å². The van der Waals surface area contributed by atoms with E-state index in [4.69, 9.17) is 0 Å². The van der Waals surface area contributed by atoms with E-state index >= 15 is 0 Å². The lowest BCUT2D eigenvalue weighted by atomic mass is 9.78. The predicted molar refractivity (Wildman–Crippen MR) is 89.4 cm³/mol. The Bertz CT molecular complexity index is 455. The highest BCUT2D eigenvalue weighted by atomic mass is 16.3. The lowest BCUT2D eigenvalue weighted by molar-refractivity contribution is 0.474. The van der Waals surface area contributed by atoms with E-state index in [9.17, 15) is 5.11 Å². The van der Waals surface area contributed by atoms with Gasteiger partial charge in [0.2, 0.25) is 0 Å². The van der Waals surface area contributed by atoms with Crippen molar-refractivity contribution in [2.75, 3.05) is 0 Å². The molecule has 2 aromatic rings. The fourth-order valence-corrected chi connectivity index (χ4v) is 1.90. The first-order valence-electron chi connectivity index (χ1n) is 7.46. The number of benzene rings is 2. The molecule has 1 N–H and O–H groups in total. The Morgan fingerprint density at radius 1 is 0.650 bits per heavy atom. The summed E-state index contributed by atoms with van der Waals surface area (Å²) in [7, 11) is 0. The summed E-state index contributed by atoms with van der Waals surface area (Å²) < 4.78 is 0. The lowest BCUT2D eigenvalue weighted by Crippen LogP contribution is -2.18. The molecule has 20 heavy (non-hydrogen) atoms. The van der Waals surface area contributed by atoms with Crippen molar-refractivity contribution in [3.63, 3.8) is 0 Å².